The fourth-order valence-electron chi connectivity index (χ4n) is 6.14. The average Bonchev–Trinajstić information content (AvgIpc) is 3.84. The van der Waals surface area contributed by atoms with Gasteiger partial charge in [0.05, 0.1) is 18.6 Å². The van der Waals surface area contributed by atoms with Crippen molar-refractivity contribution in [1.29, 1.82) is 0 Å². The molecule has 2 amide bonds. The summed E-state index contributed by atoms with van der Waals surface area (Å²) in [6.45, 7) is 12.9. The summed E-state index contributed by atoms with van der Waals surface area (Å²) in [7, 11) is 1.66. The topological polar surface area (TPSA) is 119 Å². The van der Waals surface area contributed by atoms with E-state index >= 15 is 0 Å². The van der Waals surface area contributed by atoms with Gasteiger partial charge in [-0.15, -0.1) is 0 Å². The van der Waals surface area contributed by atoms with Crippen LogP contribution in [0.2, 0.25) is 0 Å². The predicted octanol–water partition coefficient (Wildman–Crippen LogP) is 5.71. The van der Waals surface area contributed by atoms with E-state index in [-0.39, 0.29) is 59.4 Å². The average molecular weight is 585 g/mol. The number of hydrogen-bond acceptors (Lipinski definition) is 7. The quantitative estimate of drug-likeness (QED) is 0.238. The normalized spacial score (nSPS) is 29.9. The first kappa shape index (κ1) is 32.2. The molecule has 0 bridgehead atoms. The van der Waals surface area contributed by atoms with Gasteiger partial charge in [0, 0.05) is 37.6 Å². The Bertz CT molecular complexity index is 1160. The first-order chi connectivity index (χ1) is 19.8. The van der Waals surface area contributed by atoms with Crippen molar-refractivity contribution in [2.75, 3.05) is 19.0 Å². The molecule has 1 saturated carbocycles. The number of alkyl carbamates (subject to hydrolysis) is 1. The number of allylic oxidation sites excluding steroid dienone is 1. The largest absolute Gasteiger partial charge is 0.443 e. The number of nitrogens with one attached hydrogen (secondary N) is 2. The molecule has 1 aromatic rings. The van der Waals surface area contributed by atoms with E-state index in [4.69, 9.17) is 18.9 Å². The van der Waals surface area contributed by atoms with Crippen LogP contribution in [0.1, 0.15) is 85.6 Å². The van der Waals surface area contributed by atoms with Crippen molar-refractivity contribution in [3.05, 3.63) is 41.5 Å². The minimum Gasteiger partial charge on any atom is -0.443 e. The number of rotatable bonds is 12. The third-order valence-electron chi connectivity index (χ3n) is 8.81. The molecule has 2 aliphatic heterocycles. The van der Waals surface area contributed by atoms with E-state index in [2.05, 4.69) is 37.5 Å². The van der Waals surface area contributed by atoms with E-state index in [1.807, 2.05) is 32.9 Å². The molecule has 42 heavy (non-hydrogen) atoms. The molecule has 2 heterocycles. The van der Waals surface area contributed by atoms with Gasteiger partial charge in [0.25, 0.3) is 0 Å². The molecule has 3 fully saturated rings. The van der Waals surface area contributed by atoms with Crippen molar-refractivity contribution >= 4 is 23.5 Å². The molecule has 0 unspecified atom stereocenters. The van der Waals surface area contributed by atoms with Crippen molar-refractivity contribution in [2.45, 2.75) is 116 Å². The number of hydrogen-bond donors (Lipinski definition) is 2. The smallest absolute Gasteiger partial charge is 0.407 e. The summed E-state index contributed by atoms with van der Waals surface area (Å²) in [6.07, 6.45) is 4.55. The lowest BCUT2D eigenvalue weighted by Gasteiger charge is -2.42. The molecule has 9 nitrogen and oxygen atoms in total. The maximum absolute atomic E-state index is 12.8. The lowest BCUT2D eigenvalue weighted by molar-refractivity contribution is -0.126. The highest BCUT2D eigenvalue weighted by molar-refractivity contribution is 5.91. The molecule has 0 aromatic heterocycles. The third kappa shape index (κ3) is 7.79. The molecule has 1 aromatic carbocycles. The van der Waals surface area contributed by atoms with Gasteiger partial charge < -0.3 is 29.6 Å². The number of benzene rings is 1. The number of ether oxygens (including phenoxy) is 4. The van der Waals surface area contributed by atoms with E-state index < -0.39 is 12.2 Å². The number of carbonyl (C=O) groups is 3. The van der Waals surface area contributed by atoms with Crippen LogP contribution < -0.4 is 10.6 Å². The van der Waals surface area contributed by atoms with Crippen molar-refractivity contribution in [3.63, 3.8) is 0 Å². The number of Topliss-reactive ketones (excluding diaryl/α,β-unsaturated/α-hetero) is 1. The Balaban J connectivity index is 1.24. The number of epoxide rings is 2. The number of anilines is 1. The highest BCUT2D eigenvalue weighted by Gasteiger charge is 2.72. The van der Waals surface area contributed by atoms with Crippen LogP contribution in [0.5, 0.6) is 0 Å². The molecule has 232 valence electrons. The van der Waals surface area contributed by atoms with Crippen LogP contribution in [-0.4, -0.2) is 61.0 Å². The van der Waals surface area contributed by atoms with Crippen LogP contribution in [0, 0.1) is 11.3 Å². The summed E-state index contributed by atoms with van der Waals surface area (Å²) in [6, 6.07) is 7.29. The first-order valence-corrected chi connectivity index (χ1v) is 15.1. The Labute approximate surface area is 250 Å². The SMILES string of the molecule is CO[C@@H]1[C@H](OC(=O)NCc2ccc(NC(=O)CCCC(=O)C(C)(C)C)cc2)CC[C@]2(CO2)[C@H]1[C@]1(C)O[C@@H]1CC=C(C)C. The van der Waals surface area contributed by atoms with Gasteiger partial charge in [-0.25, -0.2) is 4.79 Å². The fraction of sp³-hybridized carbons (Fsp3) is 0.667. The maximum Gasteiger partial charge on any atom is 0.407 e. The van der Waals surface area contributed by atoms with Gasteiger partial charge in [0.1, 0.15) is 29.2 Å². The second kappa shape index (κ2) is 12.9. The summed E-state index contributed by atoms with van der Waals surface area (Å²) < 4.78 is 24.1. The fourth-order valence-corrected chi connectivity index (χ4v) is 6.14. The molecule has 6 atom stereocenters. The van der Waals surface area contributed by atoms with Crippen molar-refractivity contribution in [1.82, 2.24) is 5.32 Å². The molecular formula is C33H48N2O7. The molecule has 1 aliphatic carbocycles. The molecule has 3 aliphatic rings. The highest BCUT2D eigenvalue weighted by atomic mass is 16.6. The molecule has 9 heteroatoms. The zero-order chi connectivity index (χ0) is 30.7. The molecule has 4 rings (SSSR count). The van der Waals surface area contributed by atoms with E-state index in [0.29, 0.717) is 31.6 Å². The minimum absolute atomic E-state index is 0.0288. The van der Waals surface area contributed by atoms with E-state index in [1.54, 1.807) is 19.2 Å². The van der Waals surface area contributed by atoms with Gasteiger partial charge in [0.15, 0.2) is 0 Å². The van der Waals surface area contributed by atoms with Crippen molar-refractivity contribution in [2.24, 2.45) is 11.3 Å². The molecule has 2 saturated heterocycles. The molecule has 1 spiro atoms. The Hall–Kier alpha value is -2.75. The highest BCUT2D eigenvalue weighted by Crippen LogP contribution is 2.59. The number of methoxy groups -OCH3 is 1. The Morgan fingerprint density at radius 2 is 1.81 bits per heavy atom. The van der Waals surface area contributed by atoms with E-state index in [9.17, 15) is 14.4 Å². The summed E-state index contributed by atoms with van der Waals surface area (Å²) >= 11 is 0. The van der Waals surface area contributed by atoms with Crippen LogP contribution in [0.15, 0.2) is 35.9 Å². The summed E-state index contributed by atoms with van der Waals surface area (Å²) in [4.78, 5) is 37.1. The van der Waals surface area contributed by atoms with Crippen LogP contribution in [0.25, 0.3) is 0 Å². The number of ketones is 1. The van der Waals surface area contributed by atoms with Crippen molar-refractivity contribution < 1.29 is 33.3 Å². The van der Waals surface area contributed by atoms with Crippen molar-refractivity contribution in [3.8, 4) is 0 Å². The van der Waals surface area contributed by atoms with Gasteiger partial charge in [-0.05, 0) is 64.2 Å². The lowest BCUT2D eigenvalue weighted by Crippen LogP contribution is -2.56. The standard InChI is InChI=1S/C33H48N2O7/c1-21(2)11-16-26-32(6,42-26)29-28(39-7)24(17-18-33(29)20-40-33)41-30(38)34-19-22-12-14-23(15-13-22)35-27(37)10-8-9-25(36)31(3,4)5/h11-15,24,26,28-29H,8-10,16-20H2,1-7H3,(H,34,38)(H,35,37)/t24-,26-,28-,29-,32-,33+/m1/s1. The van der Waals surface area contributed by atoms with Crippen LogP contribution in [0.4, 0.5) is 10.5 Å². The third-order valence-corrected chi connectivity index (χ3v) is 8.81. The Morgan fingerprint density at radius 3 is 2.40 bits per heavy atom. The maximum atomic E-state index is 12.8. The molecule has 0 radical (unpaired) electrons. The number of amides is 2. The van der Waals surface area contributed by atoms with E-state index in [1.165, 1.54) is 5.57 Å². The zero-order valence-electron chi connectivity index (χ0n) is 26.2. The summed E-state index contributed by atoms with van der Waals surface area (Å²) in [5.74, 6) is -0.00172. The van der Waals surface area contributed by atoms with Crippen LogP contribution in [0.3, 0.4) is 0 Å². The first-order valence-electron chi connectivity index (χ1n) is 15.1. The van der Waals surface area contributed by atoms with Gasteiger partial charge in [-0.3, -0.25) is 9.59 Å². The Kier molecular flexibility index (Phi) is 9.85. The second-order valence-electron chi connectivity index (χ2n) is 13.4. The summed E-state index contributed by atoms with van der Waals surface area (Å²) in [5.41, 5.74) is 1.76. The van der Waals surface area contributed by atoms with Crippen LogP contribution >= 0.6 is 0 Å². The van der Waals surface area contributed by atoms with Gasteiger partial charge in [-0.1, -0.05) is 44.6 Å². The minimum atomic E-state index is -0.501. The van der Waals surface area contributed by atoms with Crippen LogP contribution in [-0.2, 0) is 35.1 Å². The lowest BCUT2D eigenvalue weighted by atomic mass is 9.68. The van der Waals surface area contributed by atoms with Gasteiger partial charge in [0.2, 0.25) is 5.91 Å². The molecule has 2 N–H and O–H groups in total. The Morgan fingerprint density at radius 1 is 1.12 bits per heavy atom. The van der Waals surface area contributed by atoms with E-state index in [0.717, 1.165) is 18.4 Å². The monoisotopic (exact) mass is 584 g/mol. The number of carbonyl (C=O) groups excluding carboxylic acids is 3. The van der Waals surface area contributed by atoms with Gasteiger partial charge in [-0.2, -0.15) is 0 Å². The summed E-state index contributed by atoms with van der Waals surface area (Å²) in [5, 5.41) is 5.70. The predicted molar refractivity (Wildman–Crippen MR) is 160 cm³/mol. The second-order valence-corrected chi connectivity index (χ2v) is 13.4. The molecular weight excluding hydrogens is 536 g/mol. The zero-order valence-corrected chi connectivity index (χ0v) is 26.2. The van der Waals surface area contributed by atoms with Gasteiger partial charge >= 0.3 is 6.09 Å².